The molecule has 0 saturated carbocycles. The maximum absolute atomic E-state index is 5.31. The van der Waals surface area contributed by atoms with Gasteiger partial charge in [-0.2, -0.15) is 0 Å². The summed E-state index contributed by atoms with van der Waals surface area (Å²) in [5.74, 6) is 2.56. The average Bonchev–Trinajstić information content (AvgIpc) is 3.04. The van der Waals surface area contributed by atoms with E-state index in [2.05, 4.69) is 61.9 Å². The summed E-state index contributed by atoms with van der Waals surface area (Å²) in [5, 5.41) is 9.69. The van der Waals surface area contributed by atoms with Crippen LogP contribution in [0.25, 0.3) is 11.4 Å². The predicted octanol–water partition coefficient (Wildman–Crippen LogP) is 5.03. The van der Waals surface area contributed by atoms with Crippen LogP contribution in [0.3, 0.4) is 0 Å². The first-order chi connectivity index (χ1) is 11.7. The molecule has 124 valence electrons. The molecule has 1 aromatic heterocycles. The van der Waals surface area contributed by atoms with Crippen LogP contribution >= 0.6 is 27.7 Å². The normalized spacial score (nSPS) is 10.8. The lowest BCUT2D eigenvalue weighted by Gasteiger charge is -2.08. The smallest absolute Gasteiger partial charge is 0.191 e. The molecule has 6 heteroatoms. The van der Waals surface area contributed by atoms with E-state index in [4.69, 9.17) is 4.74 Å². The average molecular weight is 404 g/mol. The van der Waals surface area contributed by atoms with Gasteiger partial charge in [-0.05, 0) is 36.8 Å². The van der Waals surface area contributed by atoms with E-state index in [1.165, 1.54) is 5.56 Å². The number of hydrogen-bond donors (Lipinski definition) is 0. The fraction of sp³-hybridized carbons (Fsp3) is 0.222. The number of hydrogen-bond acceptors (Lipinski definition) is 4. The zero-order valence-electron chi connectivity index (χ0n) is 13.6. The van der Waals surface area contributed by atoms with Gasteiger partial charge < -0.3 is 9.30 Å². The van der Waals surface area contributed by atoms with Crippen LogP contribution < -0.4 is 4.74 Å². The van der Waals surface area contributed by atoms with Crippen LogP contribution in [-0.2, 0) is 12.3 Å². The van der Waals surface area contributed by atoms with Crippen molar-refractivity contribution < 1.29 is 4.74 Å². The summed E-state index contributed by atoms with van der Waals surface area (Å²) in [6.07, 6.45) is 0. The second-order valence-electron chi connectivity index (χ2n) is 5.20. The lowest BCUT2D eigenvalue weighted by molar-refractivity contribution is 0.415. The van der Waals surface area contributed by atoms with E-state index >= 15 is 0 Å². The number of nitrogens with zero attached hydrogens (tertiary/aromatic N) is 3. The Morgan fingerprint density at radius 1 is 1.12 bits per heavy atom. The highest BCUT2D eigenvalue weighted by molar-refractivity contribution is 9.10. The van der Waals surface area contributed by atoms with Gasteiger partial charge in [0.25, 0.3) is 0 Å². The van der Waals surface area contributed by atoms with Gasteiger partial charge in [0.2, 0.25) is 0 Å². The van der Waals surface area contributed by atoms with Crippen molar-refractivity contribution >= 4 is 27.7 Å². The minimum absolute atomic E-state index is 0.821. The summed E-state index contributed by atoms with van der Waals surface area (Å²) >= 11 is 5.16. The molecule has 0 bridgehead atoms. The fourth-order valence-electron chi connectivity index (χ4n) is 2.38. The van der Waals surface area contributed by atoms with E-state index < -0.39 is 0 Å². The minimum Gasteiger partial charge on any atom is -0.497 e. The Morgan fingerprint density at radius 3 is 2.62 bits per heavy atom. The van der Waals surface area contributed by atoms with Gasteiger partial charge in [-0.25, -0.2) is 0 Å². The number of methoxy groups -OCH3 is 1. The Balaban J connectivity index is 1.82. The molecule has 0 unspecified atom stereocenters. The van der Waals surface area contributed by atoms with Crippen LogP contribution in [0.2, 0.25) is 0 Å². The zero-order chi connectivity index (χ0) is 16.9. The SMILES string of the molecule is CCn1c(SCc2ccc(Br)cc2)nnc1-c1cccc(OC)c1. The molecule has 0 N–H and O–H groups in total. The van der Waals surface area contributed by atoms with E-state index in [1.807, 2.05) is 24.3 Å². The monoisotopic (exact) mass is 403 g/mol. The lowest BCUT2D eigenvalue weighted by Crippen LogP contribution is -2.00. The molecule has 0 fully saturated rings. The Kier molecular flexibility index (Phi) is 5.58. The molecular weight excluding hydrogens is 386 g/mol. The van der Waals surface area contributed by atoms with Crippen molar-refractivity contribution in [3.8, 4) is 17.1 Å². The maximum atomic E-state index is 5.31. The molecule has 3 rings (SSSR count). The fourth-order valence-corrected chi connectivity index (χ4v) is 3.61. The van der Waals surface area contributed by atoms with Crippen molar-refractivity contribution in [3.05, 3.63) is 58.6 Å². The van der Waals surface area contributed by atoms with Crippen molar-refractivity contribution in [1.29, 1.82) is 0 Å². The zero-order valence-corrected chi connectivity index (χ0v) is 16.0. The maximum Gasteiger partial charge on any atom is 0.191 e. The molecule has 24 heavy (non-hydrogen) atoms. The third-order valence-electron chi connectivity index (χ3n) is 3.64. The van der Waals surface area contributed by atoms with Crippen molar-refractivity contribution in [2.45, 2.75) is 24.4 Å². The standard InChI is InChI=1S/C18H18BrN3OS/c1-3-22-17(14-5-4-6-16(11-14)23-2)20-21-18(22)24-12-13-7-9-15(19)10-8-13/h4-11H,3,12H2,1-2H3. The summed E-state index contributed by atoms with van der Waals surface area (Å²) in [7, 11) is 1.67. The van der Waals surface area contributed by atoms with E-state index in [-0.39, 0.29) is 0 Å². The molecule has 0 aliphatic rings. The Labute approximate surface area is 154 Å². The number of aromatic nitrogens is 3. The van der Waals surface area contributed by atoms with Gasteiger partial charge >= 0.3 is 0 Å². The van der Waals surface area contributed by atoms with E-state index in [9.17, 15) is 0 Å². The molecular formula is C18H18BrN3OS. The molecule has 0 atom stereocenters. The van der Waals surface area contributed by atoms with Gasteiger partial charge in [0, 0.05) is 22.3 Å². The van der Waals surface area contributed by atoms with Crippen molar-refractivity contribution in [2.75, 3.05) is 7.11 Å². The molecule has 1 heterocycles. The molecule has 3 aromatic rings. The Bertz CT molecular complexity index is 817. The highest BCUT2D eigenvalue weighted by Crippen LogP contribution is 2.28. The quantitative estimate of drug-likeness (QED) is 0.541. The molecule has 4 nitrogen and oxygen atoms in total. The summed E-state index contributed by atoms with van der Waals surface area (Å²) < 4.78 is 8.53. The summed E-state index contributed by atoms with van der Waals surface area (Å²) in [4.78, 5) is 0. The minimum atomic E-state index is 0.821. The van der Waals surface area contributed by atoms with Crippen molar-refractivity contribution in [3.63, 3.8) is 0 Å². The number of rotatable bonds is 6. The molecule has 0 aliphatic heterocycles. The van der Waals surface area contributed by atoms with Crippen LogP contribution in [0.1, 0.15) is 12.5 Å². The Hall–Kier alpha value is -1.79. The van der Waals surface area contributed by atoms with Crippen molar-refractivity contribution in [2.24, 2.45) is 0 Å². The number of halogens is 1. The van der Waals surface area contributed by atoms with E-state index in [1.54, 1.807) is 18.9 Å². The molecule has 0 saturated heterocycles. The molecule has 0 spiro atoms. The topological polar surface area (TPSA) is 39.9 Å². The molecule has 0 amide bonds. The molecule has 0 aliphatic carbocycles. The van der Waals surface area contributed by atoms with Crippen LogP contribution in [0.15, 0.2) is 58.2 Å². The number of thioether (sulfide) groups is 1. The van der Waals surface area contributed by atoms with Crippen LogP contribution in [-0.4, -0.2) is 21.9 Å². The summed E-state index contributed by atoms with van der Waals surface area (Å²) in [5.41, 5.74) is 2.27. The Morgan fingerprint density at radius 2 is 1.92 bits per heavy atom. The first kappa shape index (κ1) is 17.0. The first-order valence-corrected chi connectivity index (χ1v) is 9.44. The number of benzene rings is 2. The predicted molar refractivity (Wildman–Crippen MR) is 101 cm³/mol. The van der Waals surface area contributed by atoms with Gasteiger partial charge in [0.05, 0.1) is 7.11 Å². The lowest BCUT2D eigenvalue weighted by atomic mass is 10.2. The second-order valence-corrected chi connectivity index (χ2v) is 7.06. The summed E-state index contributed by atoms with van der Waals surface area (Å²) in [6.45, 7) is 2.93. The van der Waals surface area contributed by atoms with Gasteiger partial charge in [0.15, 0.2) is 11.0 Å². The highest BCUT2D eigenvalue weighted by atomic mass is 79.9. The largest absolute Gasteiger partial charge is 0.497 e. The third-order valence-corrected chi connectivity index (χ3v) is 5.21. The highest BCUT2D eigenvalue weighted by Gasteiger charge is 2.13. The second kappa shape index (κ2) is 7.85. The van der Waals surface area contributed by atoms with Gasteiger partial charge in [0.1, 0.15) is 5.75 Å². The third kappa shape index (κ3) is 3.82. The van der Waals surface area contributed by atoms with Crippen LogP contribution in [0.5, 0.6) is 5.75 Å². The molecule has 2 aromatic carbocycles. The summed E-state index contributed by atoms with van der Waals surface area (Å²) in [6, 6.07) is 16.3. The van der Waals surface area contributed by atoms with Crippen LogP contribution in [0, 0.1) is 0 Å². The van der Waals surface area contributed by atoms with E-state index in [0.717, 1.165) is 39.1 Å². The molecule has 0 radical (unpaired) electrons. The van der Waals surface area contributed by atoms with E-state index in [0.29, 0.717) is 0 Å². The van der Waals surface area contributed by atoms with Crippen LogP contribution in [0.4, 0.5) is 0 Å². The van der Waals surface area contributed by atoms with Gasteiger partial charge in [-0.3, -0.25) is 0 Å². The van der Waals surface area contributed by atoms with Gasteiger partial charge in [-0.1, -0.05) is 52.0 Å². The van der Waals surface area contributed by atoms with Crippen molar-refractivity contribution in [1.82, 2.24) is 14.8 Å². The first-order valence-electron chi connectivity index (χ1n) is 7.66. The van der Waals surface area contributed by atoms with Gasteiger partial charge in [-0.15, -0.1) is 10.2 Å². The number of ether oxygens (including phenoxy) is 1.